The van der Waals surface area contributed by atoms with Crippen molar-refractivity contribution in [1.29, 1.82) is 0 Å². The van der Waals surface area contributed by atoms with Crippen LogP contribution < -0.4 is 5.32 Å². The number of rotatable bonds is 4. The minimum Gasteiger partial charge on any atom is -0.374 e. The zero-order chi connectivity index (χ0) is 10.5. The molecule has 4 nitrogen and oxygen atoms in total. The van der Waals surface area contributed by atoms with Gasteiger partial charge in [0.05, 0.1) is 0 Å². The van der Waals surface area contributed by atoms with Gasteiger partial charge in [0.15, 0.2) is 0 Å². The van der Waals surface area contributed by atoms with Crippen molar-refractivity contribution >= 4 is 28.3 Å². The van der Waals surface area contributed by atoms with Crippen LogP contribution in [-0.2, 0) is 6.54 Å². The number of thioether (sulfide) groups is 1. The topological polar surface area (TPSA) is 41.1 Å². The van der Waals surface area contributed by atoms with Crippen LogP contribution in [0.15, 0.2) is 0 Å². The lowest BCUT2D eigenvalue weighted by Gasteiger charge is -2.25. The summed E-state index contributed by atoms with van der Waals surface area (Å²) in [6.07, 6.45) is 0. The van der Waals surface area contributed by atoms with Crippen LogP contribution in [0, 0.1) is 0 Å². The van der Waals surface area contributed by atoms with Gasteiger partial charge in [-0.1, -0.05) is 4.49 Å². The quantitative estimate of drug-likeness (QED) is 0.869. The van der Waals surface area contributed by atoms with Crippen molar-refractivity contribution in [1.82, 2.24) is 14.5 Å². The molecule has 0 amide bonds. The molecule has 2 rings (SSSR count). The number of nitrogens with zero attached hydrogens (tertiary/aromatic N) is 3. The van der Waals surface area contributed by atoms with Gasteiger partial charge in [-0.25, -0.2) is 0 Å². The van der Waals surface area contributed by atoms with Crippen LogP contribution in [0.25, 0.3) is 0 Å². The zero-order valence-corrected chi connectivity index (χ0v) is 10.5. The van der Waals surface area contributed by atoms with Gasteiger partial charge in [-0.15, -0.1) is 5.10 Å². The third kappa shape index (κ3) is 3.06. The largest absolute Gasteiger partial charge is 0.374 e. The Hall–Kier alpha value is -0.330. The van der Waals surface area contributed by atoms with E-state index in [1.807, 2.05) is 11.8 Å². The highest BCUT2D eigenvalue weighted by atomic mass is 32.2. The van der Waals surface area contributed by atoms with E-state index in [-0.39, 0.29) is 0 Å². The summed E-state index contributed by atoms with van der Waals surface area (Å²) < 4.78 is 4.00. The third-order valence-electron chi connectivity index (χ3n) is 2.37. The van der Waals surface area contributed by atoms with E-state index < -0.39 is 0 Å². The first-order valence-electron chi connectivity index (χ1n) is 5.25. The first kappa shape index (κ1) is 11.2. The first-order valence-corrected chi connectivity index (χ1v) is 7.18. The molecule has 0 spiro atoms. The Balaban J connectivity index is 1.93. The van der Waals surface area contributed by atoms with Gasteiger partial charge in [0.2, 0.25) is 0 Å². The molecule has 0 aromatic carbocycles. The molecule has 0 bridgehead atoms. The van der Waals surface area contributed by atoms with Gasteiger partial charge >= 0.3 is 0 Å². The number of hydrogen-bond acceptors (Lipinski definition) is 6. The summed E-state index contributed by atoms with van der Waals surface area (Å²) in [5.74, 6) is 2.49. The fraction of sp³-hybridized carbons (Fsp3) is 0.778. The van der Waals surface area contributed by atoms with Crippen LogP contribution in [0.5, 0.6) is 0 Å². The Bertz CT molecular complexity index is 296. The summed E-state index contributed by atoms with van der Waals surface area (Å²) in [5, 5.41) is 8.63. The second-order valence-corrected chi connectivity index (χ2v) is 5.45. The molecule has 1 fully saturated rings. The van der Waals surface area contributed by atoms with E-state index in [4.69, 9.17) is 0 Å². The van der Waals surface area contributed by atoms with Crippen LogP contribution in [0.2, 0.25) is 0 Å². The van der Waals surface area contributed by atoms with Crippen LogP contribution >= 0.6 is 23.3 Å². The standard InChI is InChI=1S/C9H16N4S2/c1-2-10-9-8(11-12-15-9)7-13-3-5-14-6-4-13/h10H,2-7H2,1H3. The average molecular weight is 244 g/mol. The lowest BCUT2D eigenvalue weighted by molar-refractivity contribution is 0.291. The molecule has 1 saturated heterocycles. The van der Waals surface area contributed by atoms with Crippen LogP contribution in [0.1, 0.15) is 12.6 Å². The summed E-state index contributed by atoms with van der Waals surface area (Å²) >= 11 is 3.49. The summed E-state index contributed by atoms with van der Waals surface area (Å²) in [7, 11) is 0. The molecule has 6 heteroatoms. The lowest BCUT2D eigenvalue weighted by atomic mass is 10.4. The van der Waals surface area contributed by atoms with E-state index in [9.17, 15) is 0 Å². The van der Waals surface area contributed by atoms with Gasteiger partial charge in [-0.3, -0.25) is 4.90 Å². The highest BCUT2D eigenvalue weighted by molar-refractivity contribution is 7.99. The lowest BCUT2D eigenvalue weighted by Crippen LogP contribution is -2.32. The summed E-state index contributed by atoms with van der Waals surface area (Å²) in [5.41, 5.74) is 1.11. The summed E-state index contributed by atoms with van der Waals surface area (Å²) in [4.78, 5) is 2.45. The Morgan fingerprint density at radius 1 is 1.40 bits per heavy atom. The van der Waals surface area contributed by atoms with Crippen LogP contribution in [0.3, 0.4) is 0 Å². The van der Waals surface area contributed by atoms with Crippen molar-refractivity contribution < 1.29 is 0 Å². The number of hydrogen-bond donors (Lipinski definition) is 1. The van der Waals surface area contributed by atoms with Gasteiger partial charge < -0.3 is 5.32 Å². The third-order valence-corrected chi connectivity index (χ3v) is 4.04. The Morgan fingerprint density at radius 3 is 2.93 bits per heavy atom. The summed E-state index contributed by atoms with van der Waals surface area (Å²) in [6.45, 7) is 6.33. The van der Waals surface area contributed by atoms with Gasteiger partial charge in [-0.2, -0.15) is 11.8 Å². The van der Waals surface area contributed by atoms with Crippen molar-refractivity contribution in [3.8, 4) is 0 Å². The van der Waals surface area contributed by atoms with Crippen molar-refractivity contribution in [2.45, 2.75) is 13.5 Å². The highest BCUT2D eigenvalue weighted by Crippen LogP contribution is 2.20. The maximum atomic E-state index is 4.19. The van der Waals surface area contributed by atoms with E-state index in [2.05, 4.69) is 26.7 Å². The van der Waals surface area contributed by atoms with Crippen molar-refractivity contribution in [2.75, 3.05) is 36.5 Å². The van der Waals surface area contributed by atoms with Gasteiger partial charge in [0.1, 0.15) is 10.7 Å². The van der Waals surface area contributed by atoms with E-state index >= 15 is 0 Å². The minimum absolute atomic E-state index is 0.937. The van der Waals surface area contributed by atoms with E-state index in [0.717, 1.165) is 23.8 Å². The molecule has 1 aliphatic rings. The number of aromatic nitrogens is 2. The molecular weight excluding hydrogens is 228 g/mol. The molecule has 0 atom stereocenters. The smallest absolute Gasteiger partial charge is 0.134 e. The Labute approximate surface area is 98.6 Å². The molecule has 0 aliphatic carbocycles. The fourth-order valence-electron chi connectivity index (χ4n) is 1.58. The van der Waals surface area contributed by atoms with E-state index in [1.54, 1.807) is 0 Å². The number of anilines is 1. The molecule has 1 aromatic rings. The van der Waals surface area contributed by atoms with Crippen molar-refractivity contribution in [3.63, 3.8) is 0 Å². The minimum atomic E-state index is 0.937. The van der Waals surface area contributed by atoms with Crippen LogP contribution in [0.4, 0.5) is 5.00 Å². The second kappa shape index (κ2) is 5.67. The number of nitrogens with one attached hydrogen (secondary N) is 1. The molecule has 0 unspecified atom stereocenters. The predicted molar refractivity (Wildman–Crippen MR) is 66.7 cm³/mol. The SMILES string of the molecule is CCNc1snnc1CN1CCSCC1. The molecule has 0 saturated carbocycles. The first-order chi connectivity index (χ1) is 7.40. The van der Waals surface area contributed by atoms with Crippen molar-refractivity contribution in [2.24, 2.45) is 0 Å². The summed E-state index contributed by atoms with van der Waals surface area (Å²) in [6, 6.07) is 0. The average Bonchev–Trinajstić information content (AvgIpc) is 2.68. The van der Waals surface area contributed by atoms with Gasteiger partial charge in [0, 0.05) is 49.2 Å². The van der Waals surface area contributed by atoms with Crippen molar-refractivity contribution in [3.05, 3.63) is 5.69 Å². The molecule has 2 heterocycles. The van der Waals surface area contributed by atoms with E-state index in [0.29, 0.717) is 0 Å². The molecule has 1 aliphatic heterocycles. The molecular formula is C9H16N4S2. The van der Waals surface area contributed by atoms with Crippen LogP contribution in [-0.4, -0.2) is 45.6 Å². The normalized spacial score (nSPS) is 17.9. The predicted octanol–water partition coefficient (Wildman–Crippen LogP) is 1.52. The van der Waals surface area contributed by atoms with Gasteiger partial charge in [-0.05, 0) is 6.92 Å². The monoisotopic (exact) mass is 244 g/mol. The zero-order valence-electron chi connectivity index (χ0n) is 8.90. The maximum absolute atomic E-state index is 4.19. The second-order valence-electron chi connectivity index (χ2n) is 3.47. The van der Waals surface area contributed by atoms with Gasteiger partial charge in [0.25, 0.3) is 0 Å². The maximum Gasteiger partial charge on any atom is 0.134 e. The molecule has 15 heavy (non-hydrogen) atoms. The molecule has 1 aromatic heterocycles. The fourth-order valence-corrected chi connectivity index (χ4v) is 3.20. The molecule has 1 N–H and O–H groups in total. The Morgan fingerprint density at radius 2 is 2.20 bits per heavy atom. The molecule has 84 valence electrons. The Kier molecular flexibility index (Phi) is 4.22. The highest BCUT2D eigenvalue weighted by Gasteiger charge is 2.14. The molecule has 0 radical (unpaired) electrons. The van der Waals surface area contributed by atoms with E-state index in [1.165, 1.54) is 36.1 Å².